The number of halogens is 1. The lowest BCUT2D eigenvalue weighted by Gasteiger charge is -2.11. The third-order valence-electron chi connectivity index (χ3n) is 2.73. The van der Waals surface area contributed by atoms with Crippen molar-refractivity contribution in [3.63, 3.8) is 0 Å². The summed E-state index contributed by atoms with van der Waals surface area (Å²) >= 11 is 5.94. The van der Waals surface area contributed by atoms with Crippen molar-refractivity contribution in [2.45, 2.75) is 12.8 Å². The molecular formula is C12H12ClNO4. The first-order valence-corrected chi connectivity index (χ1v) is 5.82. The molecule has 1 aromatic carbocycles. The van der Waals surface area contributed by atoms with E-state index in [0.29, 0.717) is 5.69 Å². The molecule has 5 nitrogen and oxygen atoms in total. The van der Waals surface area contributed by atoms with Gasteiger partial charge in [0.15, 0.2) is 0 Å². The Labute approximate surface area is 109 Å². The molecule has 96 valence electrons. The van der Waals surface area contributed by atoms with Crippen molar-refractivity contribution >= 4 is 29.2 Å². The lowest BCUT2D eigenvalue weighted by molar-refractivity contribution is -0.117. The Morgan fingerprint density at radius 1 is 1.44 bits per heavy atom. The van der Waals surface area contributed by atoms with Gasteiger partial charge in [-0.2, -0.15) is 0 Å². The summed E-state index contributed by atoms with van der Waals surface area (Å²) in [6.45, 7) is 0. The van der Waals surface area contributed by atoms with Crippen LogP contribution in [0.5, 0.6) is 5.75 Å². The number of carbonyl (C=O) groups excluding carboxylic acids is 1. The van der Waals surface area contributed by atoms with E-state index < -0.39 is 5.97 Å². The van der Waals surface area contributed by atoms with E-state index in [1.165, 1.54) is 19.2 Å². The molecular weight excluding hydrogens is 258 g/mol. The van der Waals surface area contributed by atoms with Gasteiger partial charge in [-0.15, -0.1) is 0 Å². The van der Waals surface area contributed by atoms with Gasteiger partial charge < -0.3 is 15.2 Å². The lowest BCUT2D eigenvalue weighted by Crippen LogP contribution is -2.14. The fourth-order valence-electron chi connectivity index (χ4n) is 1.57. The van der Waals surface area contributed by atoms with Crippen LogP contribution in [0.2, 0.25) is 5.02 Å². The molecule has 6 heteroatoms. The third kappa shape index (κ3) is 2.56. The average Bonchev–Trinajstić information content (AvgIpc) is 3.14. The molecule has 1 aliphatic carbocycles. The fourth-order valence-corrected chi connectivity index (χ4v) is 1.78. The number of carboxylic acid groups (broad SMARTS) is 1. The number of anilines is 1. The Morgan fingerprint density at radius 2 is 2.11 bits per heavy atom. The summed E-state index contributed by atoms with van der Waals surface area (Å²) in [4.78, 5) is 22.6. The molecule has 1 amide bonds. The van der Waals surface area contributed by atoms with Crippen molar-refractivity contribution in [1.82, 2.24) is 0 Å². The van der Waals surface area contributed by atoms with Gasteiger partial charge in [0, 0.05) is 12.0 Å². The summed E-state index contributed by atoms with van der Waals surface area (Å²) in [7, 11) is 1.36. The Hall–Kier alpha value is -1.75. The van der Waals surface area contributed by atoms with Crippen molar-refractivity contribution < 1.29 is 19.4 Å². The number of amides is 1. The van der Waals surface area contributed by atoms with Crippen LogP contribution in [0.15, 0.2) is 12.1 Å². The Bertz CT molecular complexity index is 511. The SMILES string of the molecule is COc1cc(NC(=O)C2CC2)c(Cl)cc1C(=O)O. The van der Waals surface area contributed by atoms with Crippen LogP contribution in [0.4, 0.5) is 5.69 Å². The van der Waals surface area contributed by atoms with E-state index in [0.717, 1.165) is 12.8 Å². The van der Waals surface area contributed by atoms with Gasteiger partial charge in [0.2, 0.25) is 5.91 Å². The third-order valence-corrected chi connectivity index (χ3v) is 3.04. The maximum Gasteiger partial charge on any atom is 0.339 e. The molecule has 18 heavy (non-hydrogen) atoms. The van der Waals surface area contributed by atoms with Crippen molar-refractivity contribution in [3.05, 3.63) is 22.7 Å². The predicted octanol–water partition coefficient (Wildman–Crippen LogP) is 2.40. The minimum atomic E-state index is -1.13. The largest absolute Gasteiger partial charge is 0.496 e. The zero-order valence-corrected chi connectivity index (χ0v) is 10.5. The number of rotatable bonds is 4. The van der Waals surface area contributed by atoms with Crippen LogP contribution < -0.4 is 10.1 Å². The quantitative estimate of drug-likeness (QED) is 0.880. The first-order valence-electron chi connectivity index (χ1n) is 5.44. The topological polar surface area (TPSA) is 75.6 Å². The van der Waals surface area contributed by atoms with Crippen LogP contribution in [0, 0.1) is 5.92 Å². The number of carboxylic acids is 1. The van der Waals surface area contributed by atoms with Crippen molar-refractivity contribution in [2.75, 3.05) is 12.4 Å². The van der Waals surface area contributed by atoms with E-state index in [9.17, 15) is 9.59 Å². The van der Waals surface area contributed by atoms with Crippen molar-refractivity contribution in [1.29, 1.82) is 0 Å². The monoisotopic (exact) mass is 269 g/mol. The molecule has 0 atom stereocenters. The van der Waals surface area contributed by atoms with E-state index in [4.69, 9.17) is 21.4 Å². The summed E-state index contributed by atoms with van der Waals surface area (Å²) in [5, 5.41) is 11.8. The zero-order valence-electron chi connectivity index (χ0n) is 9.70. The Balaban J connectivity index is 2.30. The van der Waals surface area contributed by atoms with Crippen LogP contribution in [0.25, 0.3) is 0 Å². The summed E-state index contributed by atoms with van der Waals surface area (Å²) in [5.74, 6) is -1.01. The molecule has 0 radical (unpaired) electrons. The first kappa shape index (κ1) is 12.7. The van der Waals surface area contributed by atoms with E-state index in [2.05, 4.69) is 5.32 Å². The standard InChI is InChI=1S/C12H12ClNO4/c1-18-10-5-9(14-11(15)6-2-3-6)8(13)4-7(10)12(16)17/h4-6H,2-3H2,1H3,(H,14,15)(H,16,17). The molecule has 1 fully saturated rings. The first-order chi connectivity index (χ1) is 8.52. The predicted molar refractivity (Wildman–Crippen MR) is 66.3 cm³/mol. The second-order valence-electron chi connectivity index (χ2n) is 4.10. The highest BCUT2D eigenvalue weighted by molar-refractivity contribution is 6.34. The Kier molecular flexibility index (Phi) is 3.43. The molecule has 2 rings (SSSR count). The number of nitrogens with one attached hydrogen (secondary N) is 1. The molecule has 1 aromatic rings. The maximum atomic E-state index is 11.6. The normalized spacial score (nSPS) is 14.1. The molecule has 1 aliphatic rings. The molecule has 0 saturated heterocycles. The molecule has 0 spiro atoms. The minimum Gasteiger partial charge on any atom is -0.496 e. The number of carbonyl (C=O) groups is 2. The van der Waals surface area contributed by atoms with Gasteiger partial charge in [0.05, 0.1) is 17.8 Å². The van der Waals surface area contributed by atoms with Crippen molar-refractivity contribution in [3.8, 4) is 5.75 Å². The lowest BCUT2D eigenvalue weighted by atomic mass is 10.1. The summed E-state index contributed by atoms with van der Waals surface area (Å²) in [5.41, 5.74) is 0.335. The smallest absolute Gasteiger partial charge is 0.339 e. The van der Waals surface area contributed by atoms with E-state index in [1.54, 1.807) is 0 Å². The van der Waals surface area contributed by atoms with Crippen LogP contribution in [-0.2, 0) is 4.79 Å². The van der Waals surface area contributed by atoms with Crippen molar-refractivity contribution in [2.24, 2.45) is 5.92 Å². The van der Waals surface area contributed by atoms with E-state index in [1.807, 2.05) is 0 Å². The number of hydrogen-bond donors (Lipinski definition) is 2. The van der Waals surface area contributed by atoms with Gasteiger partial charge in [0.1, 0.15) is 11.3 Å². The minimum absolute atomic E-state index is 0.0353. The molecule has 0 aliphatic heterocycles. The van der Waals surface area contributed by atoms with E-state index >= 15 is 0 Å². The van der Waals surface area contributed by atoms with Crippen LogP contribution in [0.1, 0.15) is 23.2 Å². The molecule has 0 bridgehead atoms. The van der Waals surface area contributed by atoms with E-state index in [-0.39, 0.29) is 28.2 Å². The molecule has 0 unspecified atom stereocenters. The summed E-state index contributed by atoms with van der Waals surface area (Å²) in [6.07, 6.45) is 1.77. The molecule has 1 saturated carbocycles. The summed E-state index contributed by atoms with van der Waals surface area (Å²) in [6, 6.07) is 2.69. The summed E-state index contributed by atoms with van der Waals surface area (Å²) < 4.78 is 4.97. The number of ether oxygens (including phenoxy) is 1. The molecule has 0 aromatic heterocycles. The van der Waals surface area contributed by atoms with Gasteiger partial charge in [-0.1, -0.05) is 11.6 Å². The van der Waals surface area contributed by atoms with Gasteiger partial charge >= 0.3 is 5.97 Å². The number of hydrogen-bond acceptors (Lipinski definition) is 3. The fraction of sp³-hybridized carbons (Fsp3) is 0.333. The van der Waals surface area contributed by atoms with Crippen LogP contribution in [-0.4, -0.2) is 24.1 Å². The Morgan fingerprint density at radius 3 is 2.61 bits per heavy atom. The van der Waals surface area contributed by atoms with Gasteiger partial charge in [-0.3, -0.25) is 4.79 Å². The highest BCUT2D eigenvalue weighted by Gasteiger charge is 2.30. The maximum absolute atomic E-state index is 11.6. The zero-order chi connectivity index (χ0) is 13.3. The highest BCUT2D eigenvalue weighted by Crippen LogP contribution is 2.34. The number of aromatic carboxylic acids is 1. The van der Waals surface area contributed by atoms with Gasteiger partial charge in [-0.05, 0) is 18.9 Å². The number of methoxy groups -OCH3 is 1. The molecule has 0 heterocycles. The highest BCUT2D eigenvalue weighted by atomic mass is 35.5. The van der Waals surface area contributed by atoms with Gasteiger partial charge in [-0.25, -0.2) is 4.79 Å². The molecule has 2 N–H and O–H groups in total. The number of benzene rings is 1. The van der Waals surface area contributed by atoms with Gasteiger partial charge in [0.25, 0.3) is 0 Å². The van der Waals surface area contributed by atoms with Crippen LogP contribution >= 0.6 is 11.6 Å². The van der Waals surface area contributed by atoms with Crippen LogP contribution in [0.3, 0.4) is 0 Å². The average molecular weight is 270 g/mol. The second kappa shape index (κ2) is 4.86. The second-order valence-corrected chi connectivity index (χ2v) is 4.51.